The molecule has 0 atom stereocenters. The van der Waals surface area contributed by atoms with Gasteiger partial charge in [-0.1, -0.05) is 12.1 Å². The Balaban J connectivity index is 0.00000242. The first kappa shape index (κ1) is 18.6. The van der Waals surface area contributed by atoms with E-state index in [1.165, 1.54) is 4.88 Å². The van der Waals surface area contributed by atoms with E-state index in [0.29, 0.717) is 19.6 Å². The summed E-state index contributed by atoms with van der Waals surface area (Å²) in [7, 11) is 0. The van der Waals surface area contributed by atoms with Crippen LogP contribution in [0.15, 0.2) is 47.6 Å². The summed E-state index contributed by atoms with van der Waals surface area (Å²) in [5.41, 5.74) is 3.85. The van der Waals surface area contributed by atoms with Crippen LogP contribution in [-0.2, 0) is 13.1 Å². The van der Waals surface area contributed by atoms with Crippen LogP contribution in [0.5, 0.6) is 0 Å². The van der Waals surface area contributed by atoms with Crippen LogP contribution in [-0.4, -0.2) is 22.5 Å². The Morgan fingerprint density at radius 2 is 2.23 bits per heavy atom. The minimum atomic E-state index is 0. The highest BCUT2D eigenvalue weighted by atomic mass is 127. The van der Waals surface area contributed by atoms with Crippen molar-refractivity contribution in [3.63, 3.8) is 0 Å². The second-order valence-electron chi connectivity index (χ2n) is 4.37. The van der Waals surface area contributed by atoms with Crippen molar-refractivity contribution in [3.05, 3.63) is 58.8 Å². The van der Waals surface area contributed by atoms with Crippen LogP contribution in [0.2, 0.25) is 0 Å². The molecule has 0 bridgehead atoms. The van der Waals surface area contributed by atoms with Gasteiger partial charge < -0.3 is 10.6 Å². The maximum Gasteiger partial charge on any atom is 0.192 e. The van der Waals surface area contributed by atoms with Crippen molar-refractivity contribution in [1.29, 1.82) is 0 Å². The summed E-state index contributed by atoms with van der Waals surface area (Å²) in [6.45, 7) is 7.63. The Morgan fingerprint density at radius 1 is 1.36 bits per heavy atom. The number of pyridine rings is 1. The minimum absolute atomic E-state index is 0. The van der Waals surface area contributed by atoms with Gasteiger partial charge >= 0.3 is 0 Å². The molecule has 0 aromatic carbocycles. The lowest BCUT2D eigenvalue weighted by atomic mass is 10.3. The van der Waals surface area contributed by atoms with Crippen LogP contribution >= 0.6 is 35.3 Å². The second-order valence-corrected chi connectivity index (χ2v) is 5.31. The number of rotatable bonds is 6. The third-order valence-corrected chi connectivity index (χ3v) is 3.74. The first-order valence-electron chi connectivity index (χ1n) is 6.71. The number of nitrogens with one attached hydrogen (secondary N) is 2. The smallest absolute Gasteiger partial charge is 0.192 e. The highest BCUT2D eigenvalue weighted by Crippen LogP contribution is 2.11. The summed E-state index contributed by atoms with van der Waals surface area (Å²) in [4.78, 5) is 14.2. The number of hydrogen-bond donors (Lipinski definition) is 2. The Morgan fingerprint density at radius 3 is 2.86 bits per heavy atom. The van der Waals surface area contributed by atoms with Crippen molar-refractivity contribution in [2.24, 2.45) is 4.99 Å². The molecule has 2 aromatic rings. The van der Waals surface area contributed by atoms with E-state index in [9.17, 15) is 0 Å². The van der Waals surface area contributed by atoms with E-state index in [4.69, 9.17) is 0 Å². The Kier molecular flexibility index (Phi) is 8.68. The molecule has 5 nitrogen and oxygen atoms in total. The monoisotopic (exact) mass is 429 g/mol. The van der Waals surface area contributed by atoms with E-state index in [-0.39, 0.29) is 24.0 Å². The molecular formula is C15H20IN5S. The van der Waals surface area contributed by atoms with E-state index in [1.807, 2.05) is 30.6 Å². The van der Waals surface area contributed by atoms with Gasteiger partial charge in [-0.05, 0) is 19.1 Å². The average molecular weight is 429 g/mol. The van der Waals surface area contributed by atoms with E-state index < -0.39 is 0 Å². The minimum Gasteiger partial charge on any atom is -0.353 e. The van der Waals surface area contributed by atoms with Gasteiger partial charge in [0.25, 0.3) is 0 Å². The molecule has 2 N–H and O–H groups in total. The first-order valence-corrected chi connectivity index (χ1v) is 7.59. The second kappa shape index (κ2) is 10.3. The molecular weight excluding hydrogens is 409 g/mol. The number of thiazole rings is 1. The Bertz CT molecular complexity index is 597. The zero-order valence-corrected chi connectivity index (χ0v) is 15.6. The highest BCUT2D eigenvalue weighted by Gasteiger charge is 2.03. The van der Waals surface area contributed by atoms with E-state index in [2.05, 4.69) is 32.2 Å². The first-order chi connectivity index (χ1) is 10.3. The number of halogens is 1. The maximum absolute atomic E-state index is 4.53. The third kappa shape index (κ3) is 6.10. The van der Waals surface area contributed by atoms with Gasteiger partial charge in [-0.2, -0.15) is 0 Å². The van der Waals surface area contributed by atoms with Crippen molar-refractivity contribution >= 4 is 41.3 Å². The molecule has 2 rings (SSSR count). The highest BCUT2D eigenvalue weighted by molar-refractivity contribution is 14.0. The molecule has 0 radical (unpaired) electrons. The fraction of sp³-hybridized carbons (Fsp3) is 0.267. The molecule has 0 unspecified atom stereocenters. The van der Waals surface area contributed by atoms with E-state index in [0.717, 1.165) is 17.3 Å². The molecule has 0 aliphatic rings. The number of hydrogen-bond acceptors (Lipinski definition) is 4. The summed E-state index contributed by atoms with van der Waals surface area (Å²) in [6.07, 6.45) is 3.58. The average Bonchev–Trinajstić information content (AvgIpc) is 2.93. The topological polar surface area (TPSA) is 62.2 Å². The lowest BCUT2D eigenvalue weighted by Gasteiger charge is -2.10. The zero-order chi connectivity index (χ0) is 14.9. The molecule has 22 heavy (non-hydrogen) atoms. The molecule has 0 aliphatic heterocycles. The van der Waals surface area contributed by atoms with Crippen molar-refractivity contribution in [3.8, 4) is 0 Å². The van der Waals surface area contributed by atoms with Crippen LogP contribution in [0.3, 0.4) is 0 Å². The number of aliphatic imine (C=N–C) groups is 1. The van der Waals surface area contributed by atoms with Crippen LogP contribution in [0.25, 0.3) is 0 Å². The Hall–Kier alpha value is -1.48. The fourth-order valence-corrected chi connectivity index (χ4v) is 2.37. The normalized spacial score (nSPS) is 10.7. The standard InChI is InChI=1S/C15H19N5S.HI/c1-3-7-17-15(18-9-13-6-4-5-8-16-13)19-10-14-12(2)20-11-21-14;/h3-6,8,11H,1,7,9-10H2,2H3,(H2,17,18,19);1H. The molecule has 2 heterocycles. The molecule has 118 valence electrons. The summed E-state index contributed by atoms with van der Waals surface area (Å²) < 4.78 is 0. The summed E-state index contributed by atoms with van der Waals surface area (Å²) >= 11 is 1.64. The van der Waals surface area contributed by atoms with Gasteiger partial charge in [-0.3, -0.25) is 4.98 Å². The number of nitrogens with zero attached hydrogens (tertiary/aromatic N) is 3. The largest absolute Gasteiger partial charge is 0.353 e. The predicted octanol–water partition coefficient (Wildman–Crippen LogP) is 2.89. The van der Waals surface area contributed by atoms with Gasteiger partial charge in [0.15, 0.2) is 5.96 Å². The summed E-state index contributed by atoms with van der Waals surface area (Å²) in [6, 6.07) is 5.82. The molecule has 0 saturated heterocycles. The van der Waals surface area contributed by atoms with E-state index >= 15 is 0 Å². The van der Waals surface area contributed by atoms with Crippen LogP contribution < -0.4 is 10.6 Å². The molecule has 2 aromatic heterocycles. The van der Waals surface area contributed by atoms with Crippen LogP contribution in [0.4, 0.5) is 0 Å². The van der Waals surface area contributed by atoms with E-state index in [1.54, 1.807) is 23.6 Å². The summed E-state index contributed by atoms with van der Waals surface area (Å²) in [5, 5.41) is 6.50. The molecule has 0 saturated carbocycles. The van der Waals surface area contributed by atoms with Crippen molar-refractivity contribution in [1.82, 2.24) is 20.6 Å². The van der Waals surface area contributed by atoms with Crippen molar-refractivity contribution in [2.75, 3.05) is 6.54 Å². The van der Waals surface area contributed by atoms with Gasteiger partial charge in [0.1, 0.15) is 0 Å². The fourth-order valence-electron chi connectivity index (χ4n) is 1.65. The molecule has 7 heteroatoms. The van der Waals surface area contributed by atoms with Crippen LogP contribution in [0.1, 0.15) is 16.3 Å². The van der Waals surface area contributed by atoms with Gasteiger partial charge in [0, 0.05) is 17.6 Å². The third-order valence-electron chi connectivity index (χ3n) is 2.80. The van der Waals surface area contributed by atoms with Crippen molar-refractivity contribution < 1.29 is 0 Å². The maximum atomic E-state index is 4.53. The molecule has 0 spiro atoms. The lowest BCUT2D eigenvalue weighted by molar-refractivity contribution is 0.830. The number of aromatic nitrogens is 2. The summed E-state index contributed by atoms with van der Waals surface area (Å²) in [5.74, 6) is 0.744. The van der Waals surface area contributed by atoms with Crippen molar-refractivity contribution in [2.45, 2.75) is 20.0 Å². The molecule has 0 amide bonds. The molecule has 0 fully saturated rings. The zero-order valence-electron chi connectivity index (χ0n) is 12.5. The number of aryl methyl sites for hydroxylation is 1. The van der Waals surface area contributed by atoms with Gasteiger partial charge in [-0.15, -0.1) is 41.9 Å². The quantitative estimate of drug-likeness (QED) is 0.321. The van der Waals surface area contributed by atoms with Crippen LogP contribution in [0, 0.1) is 6.92 Å². The van der Waals surface area contributed by atoms with Gasteiger partial charge in [0.05, 0.1) is 30.0 Å². The number of guanidine groups is 1. The lowest BCUT2D eigenvalue weighted by Crippen LogP contribution is -2.37. The SMILES string of the molecule is C=CCNC(=NCc1ccccn1)NCc1scnc1C.I. The van der Waals surface area contributed by atoms with Gasteiger partial charge in [0.2, 0.25) is 0 Å². The van der Waals surface area contributed by atoms with Gasteiger partial charge in [-0.25, -0.2) is 9.98 Å². The predicted molar refractivity (Wildman–Crippen MR) is 103 cm³/mol. The molecule has 0 aliphatic carbocycles. The Labute approximate surface area is 152 Å².